The minimum absolute atomic E-state index is 0.108. The summed E-state index contributed by atoms with van der Waals surface area (Å²) in [6, 6.07) is 7.75. The van der Waals surface area contributed by atoms with E-state index in [1.807, 2.05) is 31.2 Å². The Labute approximate surface area is 103 Å². The highest BCUT2D eigenvalue weighted by Crippen LogP contribution is 2.24. The molecular weight excluding hydrogens is 217 g/mol. The summed E-state index contributed by atoms with van der Waals surface area (Å²) in [6.07, 6.45) is 2.58. The van der Waals surface area contributed by atoms with Gasteiger partial charge in [0.15, 0.2) is 0 Å². The van der Waals surface area contributed by atoms with Crippen LogP contribution in [0.4, 0.5) is 4.39 Å². The van der Waals surface area contributed by atoms with Gasteiger partial charge >= 0.3 is 0 Å². The molecule has 1 atom stereocenters. The summed E-state index contributed by atoms with van der Waals surface area (Å²) in [5, 5.41) is 0. The first-order chi connectivity index (χ1) is 8.13. The van der Waals surface area contributed by atoms with Crippen LogP contribution in [-0.2, 0) is 6.42 Å². The molecule has 1 aromatic rings. The number of aryl methyl sites for hydroxylation is 1. The minimum atomic E-state index is -1.21. The van der Waals surface area contributed by atoms with E-state index in [2.05, 4.69) is 0 Å². The molecule has 2 N–H and O–H groups in total. The Kier molecular flexibility index (Phi) is 5.42. The summed E-state index contributed by atoms with van der Waals surface area (Å²) < 4.78 is 19.3. The average molecular weight is 239 g/mol. The highest BCUT2D eigenvalue weighted by Gasteiger charge is 2.26. The van der Waals surface area contributed by atoms with Gasteiger partial charge in [0.1, 0.15) is 11.4 Å². The maximum Gasteiger partial charge on any atom is 0.123 e. The zero-order valence-electron chi connectivity index (χ0n) is 10.7. The summed E-state index contributed by atoms with van der Waals surface area (Å²) in [7, 11) is 1.64. The summed E-state index contributed by atoms with van der Waals surface area (Å²) in [5.74, 6) is 0.827. The second-order valence-electron chi connectivity index (χ2n) is 4.45. The SMILES string of the molecule is CCCC(F)(CN)CCc1ccc(OC)cc1. The number of hydrogen-bond acceptors (Lipinski definition) is 2. The fraction of sp³-hybridized carbons (Fsp3) is 0.571. The topological polar surface area (TPSA) is 35.2 Å². The lowest BCUT2D eigenvalue weighted by Gasteiger charge is -2.23. The van der Waals surface area contributed by atoms with E-state index in [1.54, 1.807) is 7.11 Å². The molecule has 0 heterocycles. The second-order valence-corrected chi connectivity index (χ2v) is 4.45. The number of rotatable bonds is 7. The molecular formula is C14H22FNO. The third-order valence-corrected chi connectivity index (χ3v) is 3.08. The highest BCUT2D eigenvalue weighted by molar-refractivity contribution is 5.27. The Hall–Kier alpha value is -1.09. The van der Waals surface area contributed by atoms with Gasteiger partial charge < -0.3 is 10.5 Å². The zero-order valence-corrected chi connectivity index (χ0v) is 10.7. The van der Waals surface area contributed by atoms with E-state index in [-0.39, 0.29) is 6.54 Å². The van der Waals surface area contributed by atoms with Crippen molar-refractivity contribution in [3.8, 4) is 5.75 Å². The molecule has 0 fully saturated rings. The lowest BCUT2D eigenvalue weighted by atomic mass is 9.92. The van der Waals surface area contributed by atoms with E-state index in [9.17, 15) is 4.39 Å². The fourth-order valence-corrected chi connectivity index (χ4v) is 1.94. The largest absolute Gasteiger partial charge is 0.497 e. The van der Waals surface area contributed by atoms with Crippen LogP contribution < -0.4 is 10.5 Å². The van der Waals surface area contributed by atoms with Gasteiger partial charge in [-0.3, -0.25) is 0 Å². The lowest BCUT2D eigenvalue weighted by Crippen LogP contribution is -2.33. The van der Waals surface area contributed by atoms with Crippen LogP contribution in [0.3, 0.4) is 0 Å². The highest BCUT2D eigenvalue weighted by atomic mass is 19.1. The monoisotopic (exact) mass is 239 g/mol. The van der Waals surface area contributed by atoms with Crippen molar-refractivity contribution in [1.29, 1.82) is 0 Å². The third-order valence-electron chi connectivity index (χ3n) is 3.08. The van der Waals surface area contributed by atoms with Crippen molar-refractivity contribution in [2.24, 2.45) is 5.73 Å². The van der Waals surface area contributed by atoms with Gasteiger partial charge in [-0.1, -0.05) is 25.5 Å². The molecule has 0 saturated heterocycles. The molecule has 0 aliphatic heterocycles. The van der Waals surface area contributed by atoms with E-state index < -0.39 is 5.67 Å². The number of benzene rings is 1. The number of methoxy groups -OCH3 is 1. The van der Waals surface area contributed by atoms with Gasteiger partial charge in [0.2, 0.25) is 0 Å². The standard InChI is InChI=1S/C14H22FNO/c1-3-9-14(15,11-16)10-8-12-4-6-13(17-2)7-5-12/h4-7H,3,8-11,16H2,1-2H3. The molecule has 0 bridgehead atoms. The van der Waals surface area contributed by atoms with Crippen molar-refractivity contribution in [3.05, 3.63) is 29.8 Å². The molecule has 0 radical (unpaired) electrons. The summed E-state index contributed by atoms with van der Waals surface area (Å²) in [5.41, 5.74) is 5.42. The lowest BCUT2D eigenvalue weighted by molar-refractivity contribution is 0.146. The van der Waals surface area contributed by atoms with Crippen LogP contribution in [0.2, 0.25) is 0 Å². The number of hydrogen-bond donors (Lipinski definition) is 1. The zero-order chi connectivity index (χ0) is 12.7. The van der Waals surface area contributed by atoms with Gasteiger partial charge in [-0.15, -0.1) is 0 Å². The van der Waals surface area contributed by atoms with Crippen LogP contribution in [0, 0.1) is 0 Å². The average Bonchev–Trinajstić information content (AvgIpc) is 2.37. The van der Waals surface area contributed by atoms with Crippen LogP contribution in [0.5, 0.6) is 5.75 Å². The molecule has 0 aromatic heterocycles. The molecule has 0 saturated carbocycles. The van der Waals surface area contributed by atoms with Crippen LogP contribution >= 0.6 is 0 Å². The van der Waals surface area contributed by atoms with Crippen LogP contribution in [0.25, 0.3) is 0 Å². The number of nitrogens with two attached hydrogens (primary N) is 1. The second kappa shape index (κ2) is 6.60. The molecule has 17 heavy (non-hydrogen) atoms. The normalized spacial score (nSPS) is 14.4. The van der Waals surface area contributed by atoms with E-state index in [0.29, 0.717) is 12.8 Å². The van der Waals surface area contributed by atoms with Crippen molar-refractivity contribution in [1.82, 2.24) is 0 Å². The van der Waals surface area contributed by atoms with Crippen molar-refractivity contribution < 1.29 is 9.13 Å². The van der Waals surface area contributed by atoms with Gasteiger partial charge in [0.05, 0.1) is 7.11 Å². The van der Waals surface area contributed by atoms with Crippen LogP contribution in [0.1, 0.15) is 31.7 Å². The minimum Gasteiger partial charge on any atom is -0.497 e. The Bertz CT molecular complexity index is 325. The van der Waals surface area contributed by atoms with Crippen molar-refractivity contribution >= 4 is 0 Å². The molecule has 1 aromatic carbocycles. The number of alkyl halides is 1. The first-order valence-corrected chi connectivity index (χ1v) is 6.15. The Morgan fingerprint density at radius 2 is 1.88 bits per heavy atom. The maximum atomic E-state index is 14.2. The Morgan fingerprint density at radius 1 is 1.24 bits per heavy atom. The Morgan fingerprint density at radius 3 is 2.35 bits per heavy atom. The first kappa shape index (κ1) is 14.0. The maximum absolute atomic E-state index is 14.2. The van der Waals surface area contributed by atoms with Gasteiger partial charge in [-0.05, 0) is 37.0 Å². The molecule has 0 aliphatic rings. The van der Waals surface area contributed by atoms with Gasteiger partial charge in [-0.25, -0.2) is 4.39 Å². The summed E-state index contributed by atoms with van der Waals surface area (Å²) in [6.45, 7) is 2.09. The molecule has 0 amide bonds. The molecule has 0 spiro atoms. The first-order valence-electron chi connectivity index (χ1n) is 6.15. The fourth-order valence-electron chi connectivity index (χ4n) is 1.94. The van der Waals surface area contributed by atoms with Crippen molar-refractivity contribution in [2.45, 2.75) is 38.3 Å². The van der Waals surface area contributed by atoms with E-state index >= 15 is 0 Å². The van der Waals surface area contributed by atoms with E-state index in [1.165, 1.54) is 0 Å². The van der Waals surface area contributed by atoms with Crippen molar-refractivity contribution in [2.75, 3.05) is 13.7 Å². The van der Waals surface area contributed by atoms with Crippen molar-refractivity contribution in [3.63, 3.8) is 0 Å². The summed E-state index contributed by atoms with van der Waals surface area (Å²) >= 11 is 0. The van der Waals surface area contributed by atoms with Gasteiger partial charge in [-0.2, -0.15) is 0 Å². The Balaban J connectivity index is 2.53. The van der Waals surface area contributed by atoms with Gasteiger partial charge in [0.25, 0.3) is 0 Å². The van der Waals surface area contributed by atoms with Crippen LogP contribution in [-0.4, -0.2) is 19.3 Å². The van der Waals surface area contributed by atoms with E-state index in [0.717, 1.165) is 24.2 Å². The predicted octanol–water partition coefficient (Wildman–Crippen LogP) is 3.09. The molecule has 1 unspecified atom stereocenters. The summed E-state index contributed by atoms with van der Waals surface area (Å²) in [4.78, 5) is 0. The third kappa shape index (κ3) is 4.35. The predicted molar refractivity (Wildman–Crippen MR) is 69.1 cm³/mol. The quantitative estimate of drug-likeness (QED) is 0.793. The number of halogens is 1. The molecule has 1 rings (SSSR count). The van der Waals surface area contributed by atoms with Gasteiger partial charge in [0, 0.05) is 6.54 Å². The molecule has 0 aliphatic carbocycles. The molecule has 3 heteroatoms. The number of ether oxygens (including phenoxy) is 1. The smallest absolute Gasteiger partial charge is 0.123 e. The van der Waals surface area contributed by atoms with Crippen LogP contribution in [0.15, 0.2) is 24.3 Å². The molecule has 96 valence electrons. The molecule has 2 nitrogen and oxygen atoms in total. The van der Waals surface area contributed by atoms with E-state index in [4.69, 9.17) is 10.5 Å².